The van der Waals surface area contributed by atoms with E-state index in [4.69, 9.17) is 4.99 Å². The minimum absolute atomic E-state index is 0.144. The van der Waals surface area contributed by atoms with E-state index >= 15 is 0 Å². The van der Waals surface area contributed by atoms with E-state index in [2.05, 4.69) is 50.4 Å². The Morgan fingerprint density at radius 1 is 1.29 bits per heavy atom. The standard InChI is InChI=1S/C18H38N4OS/c1-7-19-17(20-13-18(3,4)14-22(5)6)21-15-10-9-11-16(12-15)24(23)8-2/h15-16H,7-14H2,1-6H3,(H2,19,20,21). The summed E-state index contributed by atoms with van der Waals surface area (Å²) in [5.41, 5.74) is 0.144. The highest BCUT2D eigenvalue weighted by Crippen LogP contribution is 2.23. The van der Waals surface area contributed by atoms with E-state index in [1.807, 2.05) is 6.92 Å². The van der Waals surface area contributed by atoms with E-state index in [9.17, 15) is 4.21 Å². The van der Waals surface area contributed by atoms with E-state index in [0.29, 0.717) is 11.3 Å². The van der Waals surface area contributed by atoms with Crippen LogP contribution >= 0.6 is 0 Å². The number of guanidine groups is 1. The number of hydrogen-bond acceptors (Lipinski definition) is 3. The van der Waals surface area contributed by atoms with Gasteiger partial charge in [0.2, 0.25) is 0 Å². The molecule has 142 valence electrons. The van der Waals surface area contributed by atoms with Crippen LogP contribution in [0.5, 0.6) is 0 Å². The predicted octanol–water partition coefficient (Wildman–Crippen LogP) is 2.21. The fourth-order valence-corrected chi connectivity index (χ4v) is 4.81. The third-order valence-electron chi connectivity index (χ3n) is 4.38. The third-order valence-corrected chi connectivity index (χ3v) is 6.12. The lowest BCUT2D eigenvalue weighted by Crippen LogP contribution is -2.47. The second-order valence-corrected chi connectivity index (χ2v) is 9.90. The van der Waals surface area contributed by atoms with Gasteiger partial charge in [0.15, 0.2) is 5.96 Å². The molecule has 0 saturated heterocycles. The Labute approximate surface area is 151 Å². The van der Waals surface area contributed by atoms with Crippen LogP contribution in [0, 0.1) is 5.41 Å². The molecule has 24 heavy (non-hydrogen) atoms. The average Bonchev–Trinajstić information content (AvgIpc) is 2.51. The summed E-state index contributed by atoms with van der Waals surface area (Å²) in [6, 6.07) is 0.383. The van der Waals surface area contributed by atoms with Crippen LogP contribution in [-0.4, -0.2) is 65.8 Å². The van der Waals surface area contributed by atoms with Gasteiger partial charge in [-0.2, -0.15) is 0 Å². The van der Waals surface area contributed by atoms with Gasteiger partial charge in [0, 0.05) is 47.5 Å². The molecule has 0 aliphatic heterocycles. The molecule has 5 nitrogen and oxygen atoms in total. The highest BCUT2D eigenvalue weighted by molar-refractivity contribution is 7.85. The van der Waals surface area contributed by atoms with Gasteiger partial charge in [-0.05, 0) is 45.7 Å². The maximum Gasteiger partial charge on any atom is 0.191 e. The molecule has 3 unspecified atom stereocenters. The summed E-state index contributed by atoms with van der Waals surface area (Å²) in [5, 5.41) is 7.29. The van der Waals surface area contributed by atoms with Gasteiger partial charge in [-0.3, -0.25) is 9.20 Å². The SMILES string of the molecule is CCNC(=NCC(C)(C)CN(C)C)NC1CCCC(S(=O)CC)C1. The zero-order valence-electron chi connectivity index (χ0n) is 16.5. The Bertz CT molecular complexity index is 423. The van der Waals surface area contributed by atoms with E-state index < -0.39 is 10.8 Å². The molecule has 1 fully saturated rings. The van der Waals surface area contributed by atoms with E-state index in [0.717, 1.165) is 57.0 Å². The van der Waals surface area contributed by atoms with Gasteiger partial charge in [-0.15, -0.1) is 0 Å². The van der Waals surface area contributed by atoms with Gasteiger partial charge < -0.3 is 15.5 Å². The maximum atomic E-state index is 12.1. The summed E-state index contributed by atoms with van der Waals surface area (Å²) < 4.78 is 12.1. The van der Waals surface area contributed by atoms with E-state index in [-0.39, 0.29) is 5.41 Å². The lowest BCUT2D eigenvalue weighted by Gasteiger charge is -2.31. The second-order valence-electron chi connectivity index (χ2n) is 7.90. The Morgan fingerprint density at radius 3 is 2.58 bits per heavy atom. The highest BCUT2D eigenvalue weighted by Gasteiger charge is 2.26. The number of hydrogen-bond donors (Lipinski definition) is 2. The summed E-state index contributed by atoms with van der Waals surface area (Å²) in [4.78, 5) is 7.02. The monoisotopic (exact) mass is 358 g/mol. The molecule has 1 aliphatic rings. The quantitative estimate of drug-likeness (QED) is 0.516. The maximum absolute atomic E-state index is 12.1. The van der Waals surface area contributed by atoms with Crippen molar-refractivity contribution in [3.8, 4) is 0 Å². The summed E-state index contributed by atoms with van der Waals surface area (Å²) in [5.74, 6) is 1.67. The predicted molar refractivity (Wildman–Crippen MR) is 106 cm³/mol. The van der Waals surface area contributed by atoms with Crippen molar-refractivity contribution < 1.29 is 4.21 Å². The molecule has 0 aromatic carbocycles. The summed E-state index contributed by atoms with van der Waals surface area (Å²) >= 11 is 0. The lowest BCUT2D eigenvalue weighted by atomic mass is 9.93. The number of nitrogens with one attached hydrogen (secondary N) is 2. The van der Waals surface area contributed by atoms with Gasteiger partial charge in [-0.1, -0.05) is 27.2 Å². The van der Waals surface area contributed by atoms with Crippen molar-refractivity contribution in [3.05, 3.63) is 0 Å². The third kappa shape index (κ3) is 7.97. The van der Waals surface area contributed by atoms with Crippen LogP contribution < -0.4 is 10.6 Å². The molecule has 0 heterocycles. The topological polar surface area (TPSA) is 56.7 Å². The molecule has 3 atom stereocenters. The van der Waals surface area contributed by atoms with Crippen LogP contribution in [0.2, 0.25) is 0 Å². The molecule has 0 amide bonds. The fourth-order valence-electron chi connectivity index (χ4n) is 3.46. The van der Waals surface area contributed by atoms with E-state index in [1.165, 1.54) is 0 Å². The molecule has 1 aliphatic carbocycles. The van der Waals surface area contributed by atoms with Gasteiger partial charge in [0.1, 0.15) is 0 Å². The average molecular weight is 359 g/mol. The normalized spacial score (nSPS) is 24.0. The molecule has 0 aromatic heterocycles. The van der Waals surface area contributed by atoms with Gasteiger partial charge in [-0.25, -0.2) is 0 Å². The van der Waals surface area contributed by atoms with Crippen molar-refractivity contribution in [2.45, 2.75) is 64.7 Å². The first-order valence-electron chi connectivity index (χ1n) is 9.34. The molecule has 0 bridgehead atoms. The van der Waals surface area contributed by atoms with Crippen molar-refractivity contribution >= 4 is 16.8 Å². The molecule has 0 spiro atoms. The van der Waals surface area contributed by atoms with Crippen molar-refractivity contribution in [2.24, 2.45) is 10.4 Å². The minimum Gasteiger partial charge on any atom is -0.357 e. The van der Waals surface area contributed by atoms with E-state index in [1.54, 1.807) is 0 Å². The molecule has 6 heteroatoms. The number of nitrogens with zero attached hydrogens (tertiary/aromatic N) is 2. The van der Waals surface area contributed by atoms with Crippen LogP contribution in [0.3, 0.4) is 0 Å². The molecular weight excluding hydrogens is 320 g/mol. The Balaban J connectivity index is 2.64. The smallest absolute Gasteiger partial charge is 0.191 e. The summed E-state index contributed by atoms with van der Waals surface area (Å²) in [7, 11) is 3.52. The van der Waals surface area contributed by atoms with Gasteiger partial charge in [0.05, 0.1) is 0 Å². The Hall–Kier alpha value is -0.620. The van der Waals surface area contributed by atoms with Crippen LogP contribution in [-0.2, 0) is 10.8 Å². The van der Waals surface area contributed by atoms with Crippen molar-refractivity contribution in [3.63, 3.8) is 0 Å². The summed E-state index contributed by atoms with van der Waals surface area (Å²) in [6.07, 6.45) is 4.39. The van der Waals surface area contributed by atoms with Gasteiger partial charge >= 0.3 is 0 Å². The van der Waals surface area contributed by atoms with Crippen molar-refractivity contribution in [2.75, 3.05) is 39.5 Å². The number of rotatable bonds is 8. The lowest BCUT2D eigenvalue weighted by molar-refractivity contribution is 0.248. The van der Waals surface area contributed by atoms with Crippen LogP contribution in [0.1, 0.15) is 53.4 Å². The molecular formula is C18H38N4OS. The zero-order chi connectivity index (χ0) is 18.2. The summed E-state index contributed by atoms with van der Waals surface area (Å²) in [6.45, 7) is 11.3. The van der Waals surface area contributed by atoms with Crippen LogP contribution in [0.15, 0.2) is 4.99 Å². The van der Waals surface area contributed by atoms with Crippen molar-refractivity contribution in [1.29, 1.82) is 0 Å². The number of aliphatic imine (C=N–C) groups is 1. The first-order valence-corrected chi connectivity index (χ1v) is 10.7. The Morgan fingerprint density at radius 2 is 2.00 bits per heavy atom. The largest absolute Gasteiger partial charge is 0.357 e. The molecule has 1 rings (SSSR count). The molecule has 0 radical (unpaired) electrons. The van der Waals surface area contributed by atoms with Crippen LogP contribution in [0.4, 0.5) is 0 Å². The highest BCUT2D eigenvalue weighted by atomic mass is 32.2. The second kappa shape index (κ2) is 10.4. The molecule has 2 N–H and O–H groups in total. The first-order chi connectivity index (χ1) is 11.3. The Kier molecular flexibility index (Phi) is 9.27. The van der Waals surface area contributed by atoms with Crippen molar-refractivity contribution in [1.82, 2.24) is 15.5 Å². The fraction of sp³-hybridized carbons (Fsp3) is 0.944. The van der Waals surface area contributed by atoms with Crippen LogP contribution in [0.25, 0.3) is 0 Å². The minimum atomic E-state index is -0.683. The first kappa shape index (κ1) is 21.4. The molecule has 0 aromatic rings. The van der Waals surface area contributed by atoms with Gasteiger partial charge in [0.25, 0.3) is 0 Å². The molecule has 1 saturated carbocycles. The zero-order valence-corrected chi connectivity index (χ0v) is 17.3.